The first-order chi connectivity index (χ1) is 9.29. The molecule has 3 heteroatoms. The average molecular weight is 275 g/mol. The summed E-state index contributed by atoms with van der Waals surface area (Å²) in [5.41, 5.74) is -0.257. The van der Waals surface area contributed by atoms with Gasteiger partial charge in [0.1, 0.15) is 0 Å². The van der Waals surface area contributed by atoms with Crippen LogP contribution < -0.4 is 5.11 Å². The standard InChI is InChI=1S/C17H24O3/c1-16(2)13(9-10-17(16,3)15(19)20)14(18)11-12-7-5-4-6-8-12/h4-8,13-14,18H,9-11H2,1-3H3,(H,19,20)/p-1/t13-,14+,17-/m0/s1. The smallest absolute Gasteiger partial charge is 0.0614 e. The number of carbonyl (C=O) groups is 1. The van der Waals surface area contributed by atoms with E-state index in [1.165, 1.54) is 0 Å². The Labute approximate surface area is 120 Å². The van der Waals surface area contributed by atoms with Crippen LogP contribution in [0.2, 0.25) is 0 Å². The number of rotatable bonds is 4. The van der Waals surface area contributed by atoms with E-state index in [2.05, 4.69) is 0 Å². The van der Waals surface area contributed by atoms with Crippen molar-refractivity contribution >= 4 is 5.97 Å². The molecule has 0 saturated heterocycles. The molecule has 0 unspecified atom stereocenters. The number of aliphatic hydroxyl groups is 1. The van der Waals surface area contributed by atoms with Crippen LogP contribution in [-0.4, -0.2) is 17.2 Å². The van der Waals surface area contributed by atoms with E-state index in [0.717, 1.165) is 12.0 Å². The van der Waals surface area contributed by atoms with Crippen LogP contribution in [0.5, 0.6) is 0 Å². The second-order valence-electron chi connectivity index (χ2n) is 6.74. The van der Waals surface area contributed by atoms with E-state index in [1.54, 1.807) is 6.92 Å². The molecule has 1 fully saturated rings. The SMILES string of the molecule is CC1(C)[C@H]([C@H](O)Cc2ccccc2)CC[C@@]1(C)C(=O)[O-]. The third-order valence-electron chi connectivity index (χ3n) is 5.51. The Morgan fingerprint density at radius 1 is 1.35 bits per heavy atom. The number of hydrogen-bond donors (Lipinski definition) is 1. The fourth-order valence-corrected chi connectivity index (χ4v) is 3.57. The Balaban J connectivity index is 2.16. The van der Waals surface area contributed by atoms with E-state index in [0.29, 0.717) is 12.8 Å². The van der Waals surface area contributed by atoms with E-state index >= 15 is 0 Å². The lowest BCUT2D eigenvalue weighted by Crippen LogP contribution is -2.49. The highest BCUT2D eigenvalue weighted by molar-refractivity contribution is 5.73. The number of benzene rings is 1. The molecule has 1 aliphatic rings. The lowest BCUT2D eigenvalue weighted by Gasteiger charge is -2.43. The Hall–Kier alpha value is -1.35. The fourth-order valence-electron chi connectivity index (χ4n) is 3.57. The molecular formula is C17H23O3-. The maximum absolute atomic E-state index is 11.5. The molecule has 3 nitrogen and oxygen atoms in total. The molecule has 1 N–H and O–H groups in total. The van der Waals surface area contributed by atoms with Crippen LogP contribution in [0.25, 0.3) is 0 Å². The topological polar surface area (TPSA) is 60.4 Å². The summed E-state index contributed by atoms with van der Waals surface area (Å²) in [7, 11) is 0. The predicted octanol–water partition coefficient (Wildman–Crippen LogP) is 1.78. The van der Waals surface area contributed by atoms with Gasteiger partial charge in [0.2, 0.25) is 0 Å². The van der Waals surface area contributed by atoms with Gasteiger partial charge in [0.05, 0.1) is 6.10 Å². The number of carboxylic acid groups (broad SMARTS) is 1. The van der Waals surface area contributed by atoms with Gasteiger partial charge >= 0.3 is 0 Å². The van der Waals surface area contributed by atoms with Crippen LogP contribution in [-0.2, 0) is 11.2 Å². The Bertz CT molecular complexity index is 480. The highest BCUT2D eigenvalue weighted by atomic mass is 16.4. The van der Waals surface area contributed by atoms with Gasteiger partial charge in [-0.05, 0) is 36.2 Å². The molecule has 110 valence electrons. The molecule has 2 rings (SSSR count). The van der Waals surface area contributed by atoms with Gasteiger partial charge in [0, 0.05) is 11.4 Å². The molecule has 0 spiro atoms. The minimum atomic E-state index is -1.00. The van der Waals surface area contributed by atoms with Crippen LogP contribution >= 0.6 is 0 Å². The van der Waals surface area contributed by atoms with Gasteiger partial charge in [-0.3, -0.25) is 0 Å². The third-order valence-corrected chi connectivity index (χ3v) is 5.51. The molecule has 20 heavy (non-hydrogen) atoms. The van der Waals surface area contributed by atoms with Gasteiger partial charge in [-0.15, -0.1) is 0 Å². The van der Waals surface area contributed by atoms with Crippen molar-refractivity contribution < 1.29 is 15.0 Å². The van der Waals surface area contributed by atoms with Gasteiger partial charge in [-0.2, -0.15) is 0 Å². The minimum absolute atomic E-state index is 0.0226. The summed E-state index contributed by atoms with van der Waals surface area (Å²) in [5, 5.41) is 22.0. The van der Waals surface area contributed by atoms with Crippen molar-refractivity contribution in [1.82, 2.24) is 0 Å². The van der Waals surface area contributed by atoms with Crippen LogP contribution in [0.3, 0.4) is 0 Å². The molecule has 0 amide bonds. The lowest BCUT2D eigenvalue weighted by atomic mass is 9.64. The highest BCUT2D eigenvalue weighted by Crippen LogP contribution is 2.56. The average Bonchev–Trinajstić information content (AvgIpc) is 2.63. The molecule has 0 aliphatic heterocycles. The van der Waals surface area contributed by atoms with Crippen LogP contribution in [0, 0.1) is 16.7 Å². The maximum Gasteiger partial charge on any atom is 0.0614 e. The summed E-state index contributed by atoms with van der Waals surface area (Å²) < 4.78 is 0. The van der Waals surface area contributed by atoms with Gasteiger partial charge in [-0.1, -0.05) is 51.1 Å². The summed E-state index contributed by atoms with van der Waals surface area (Å²) in [6.45, 7) is 5.63. The van der Waals surface area contributed by atoms with E-state index in [9.17, 15) is 15.0 Å². The molecule has 1 aliphatic carbocycles. The first-order valence-electron chi connectivity index (χ1n) is 7.22. The molecule has 1 aromatic rings. The quantitative estimate of drug-likeness (QED) is 0.911. The predicted molar refractivity (Wildman–Crippen MR) is 75.8 cm³/mol. The van der Waals surface area contributed by atoms with E-state index in [1.807, 2.05) is 44.2 Å². The molecule has 0 bridgehead atoms. The summed E-state index contributed by atoms with van der Waals surface area (Å²) in [4.78, 5) is 11.5. The Morgan fingerprint density at radius 3 is 2.45 bits per heavy atom. The number of carboxylic acids is 1. The van der Waals surface area contributed by atoms with Crippen molar-refractivity contribution in [1.29, 1.82) is 0 Å². The second kappa shape index (κ2) is 5.21. The monoisotopic (exact) mass is 275 g/mol. The third kappa shape index (κ3) is 2.35. The zero-order valence-electron chi connectivity index (χ0n) is 12.4. The van der Waals surface area contributed by atoms with Crippen molar-refractivity contribution in [2.24, 2.45) is 16.7 Å². The van der Waals surface area contributed by atoms with Gasteiger partial charge in [0.15, 0.2) is 0 Å². The highest BCUT2D eigenvalue weighted by Gasteiger charge is 2.54. The van der Waals surface area contributed by atoms with Gasteiger partial charge in [0.25, 0.3) is 0 Å². The zero-order valence-corrected chi connectivity index (χ0v) is 12.4. The Kier molecular flexibility index (Phi) is 3.92. The summed E-state index contributed by atoms with van der Waals surface area (Å²) in [5.74, 6) is -1.03. The van der Waals surface area contributed by atoms with Crippen molar-refractivity contribution in [3.8, 4) is 0 Å². The van der Waals surface area contributed by atoms with Gasteiger partial charge in [-0.25, -0.2) is 0 Å². The van der Waals surface area contributed by atoms with Crippen LogP contribution in [0.1, 0.15) is 39.2 Å². The number of aliphatic hydroxyl groups excluding tert-OH is 1. The van der Waals surface area contributed by atoms with E-state index < -0.39 is 22.9 Å². The van der Waals surface area contributed by atoms with E-state index in [-0.39, 0.29) is 5.92 Å². The fraction of sp³-hybridized carbons (Fsp3) is 0.588. The largest absolute Gasteiger partial charge is 0.550 e. The van der Waals surface area contributed by atoms with Crippen molar-refractivity contribution in [3.05, 3.63) is 35.9 Å². The zero-order chi connectivity index (χ0) is 15.0. The van der Waals surface area contributed by atoms with Crippen molar-refractivity contribution in [2.75, 3.05) is 0 Å². The normalized spacial score (nSPS) is 30.1. The molecule has 1 saturated carbocycles. The Morgan fingerprint density at radius 2 is 1.95 bits per heavy atom. The molecule has 0 radical (unpaired) electrons. The van der Waals surface area contributed by atoms with Crippen LogP contribution in [0.4, 0.5) is 0 Å². The molecule has 1 aromatic carbocycles. The summed E-state index contributed by atoms with van der Waals surface area (Å²) >= 11 is 0. The van der Waals surface area contributed by atoms with Gasteiger partial charge < -0.3 is 15.0 Å². The first kappa shape index (κ1) is 15.0. The second-order valence-corrected chi connectivity index (χ2v) is 6.74. The maximum atomic E-state index is 11.5. The molecule has 0 aromatic heterocycles. The minimum Gasteiger partial charge on any atom is -0.550 e. The van der Waals surface area contributed by atoms with Crippen molar-refractivity contribution in [3.63, 3.8) is 0 Å². The number of aliphatic carboxylic acids is 1. The van der Waals surface area contributed by atoms with Crippen LogP contribution in [0.15, 0.2) is 30.3 Å². The number of hydrogen-bond acceptors (Lipinski definition) is 3. The van der Waals surface area contributed by atoms with Crippen molar-refractivity contribution in [2.45, 2.75) is 46.1 Å². The molecular weight excluding hydrogens is 252 g/mol. The summed E-state index contributed by atoms with van der Waals surface area (Å²) in [6, 6.07) is 9.83. The molecule has 0 heterocycles. The number of carbonyl (C=O) groups excluding carboxylic acids is 1. The van der Waals surface area contributed by atoms with E-state index in [4.69, 9.17) is 0 Å². The first-order valence-corrected chi connectivity index (χ1v) is 7.22. The molecule has 3 atom stereocenters. The lowest BCUT2D eigenvalue weighted by molar-refractivity contribution is -0.323. The summed E-state index contributed by atoms with van der Waals surface area (Å²) in [6.07, 6.45) is 1.34.